The zero-order chi connectivity index (χ0) is 13.8. The van der Waals surface area contributed by atoms with Gasteiger partial charge in [-0.05, 0) is 18.2 Å². The molecule has 0 saturated carbocycles. The minimum Gasteiger partial charge on any atom is -0.382 e. The standard InChI is InChI=1S/C13H18N4O2/c1-17(2)12(18)8-16-13(19)9-3-4-10-11(7-9)15-6-5-14-10/h3-4,7,14-15H,5-6,8H2,1-2H3,(H,16,19). The Morgan fingerprint density at radius 1 is 1.21 bits per heavy atom. The largest absolute Gasteiger partial charge is 0.382 e. The predicted octanol–water partition coefficient (Wildman–Crippen LogP) is 0.342. The molecule has 3 N–H and O–H groups in total. The number of rotatable bonds is 3. The SMILES string of the molecule is CN(C)C(=O)CNC(=O)c1ccc2c(c1)NCCN2. The van der Waals surface area contributed by atoms with Gasteiger partial charge in [0.25, 0.3) is 5.91 Å². The second kappa shape index (κ2) is 5.60. The molecule has 2 rings (SSSR count). The average molecular weight is 262 g/mol. The van der Waals surface area contributed by atoms with Crippen LogP contribution in [0, 0.1) is 0 Å². The molecule has 102 valence electrons. The van der Waals surface area contributed by atoms with Crippen molar-refractivity contribution >= 4 is 23.2 Å². The van der Waals surface area contributed by atoms with Crippen LogP contribution in [0.4, 0.5) is 11.4 Å². The lowest BCUT2D eigenvalue weighted by atomic mass is 10.1. The molecule has 19 heavy (non-hydrogen) atoms. The van der Waals surface area contributed by atoms with Crippen molar-refractivity contribution in [3.05, 3.63) is 23.8 Å². The van der Waals surface area contributed by atoms with E-state index in [1.54, 1.807) is 26.2 Å². The Bertz CT molecular complexity index is 499. The van der Waals surface area contributed by atoms with Crippen molar-refractivity contribution in [2.45, 2.75) is 0 Å². The van der Waals surface area contributed by atoms with E-state index in [9.17, 15) is 9.59 Å². The van der Waals surface area contributed by atoms with E-state index in [1.165, 1.54) is 4.90 Å². The molecule has 1 aliphatic rings. The number of hydrogen-bond donors (Lipinski definition) is 3. The van der Waals surface area contributed by atoms with Crippen molar-refractivity contribution in [3.8, 4) is 0 Å². The molecule has 1 aromatic carbocycles. The normalized spacial score (nSPS) is 12.7. The van der Waals surface area contributed by atoms with Crippen LogP contribution >= 0.6 is 0 Å². The van der Waals surface area contributed by atoms with Crippen LogP contribution < -0.4 is 16.0 Å². The van der Waals surface area contributed by atoms with Gasteiger partial charge in [-0.1, -0.05) is 0 Å². The Hall–Kier alpha value is -2.24. The highest BCUT2D eigenvalue weighted by molar-refractivity contribution is 5.98. The maximum Gasteiger partial charge on any atom is 0.251 e. The van der Waals surface area contributed by atoms with Crippen LogP contribution in [0.5, 0.6) is 0 Å². The number of anilines is 2. The van der Waals surface area contributed by atoms with E-state index in [2.05, 4.69) is 16.0 Å². The van der Waals surface area contributed by atoms with Crippen LogP contribution in [-0.2, 0) is 4.79 Å². The summed E-state index contributed by atoms with van der Waals surface area (Å²) in [6.07, 6.45) is 0. The van der Waals surface area contributed by atoms with Crippen molar-refractivity contribution in [2.75, 3.05) is 44.4 Å². The summed E-state index contributed by atoms with van der Waals surface area (Å²) in [6.45, 7) is 1.71. The molecule has 0 aromatic heterocycles. The molecule has 1 aliphatic heterocycles. The van der Waals surface area contributed by atoms with Crippen LogP contribution in [0.1, 0.15) is 10.4 Å². The highest BCUT2D eigenvalue weighted by Gasteiger charge is 2.13. The fourth-order valence-corrected chi connectivity index (χ4v) is 1.80. The van der Waals surface area contributed by atoms with Gasteiger partial charge in [-0.15, -0.1) is 0 Å². The van der Waals surface area contributed by atoms with Gasteiger partial charge in [-0.3, -0.25) is 9.59 Å². The lowest BCUT2D eigenvalue weighted by Gasteiger charge is -2.20. The molecule has 0 spiro atoms. The third kappa shape index (κ3) is 3.15. The van der Waals surface area contributed by atoms with Crippen molar-refractivity contribution in [2.24, 2.45) is 0 Å². The first-order valence-corrected chi connectivity index (χ1v) is 6.18. The fraction of sp³-hybridized carbons (Fsp3) is 0.385. The summed E-state index contributed by atoms with van der Waals surface area (Å²) in [5.74, 6) is -0.378. The van der Waals surface area contributed by atoms with Gasteiger partial charge in [0.05, 0.1) is 17.9 Å². The number of hydrogen-bond acceptors (Lipinski definition) is 4. The third-order valence-electron chi connectivity index (χ3n) is 2.94. The first-order valence-electron chi connectivity index (χ1n) is 6.18. The van der Waals surface area contributed by atoms with E-state index in [0.29, 0.717) is 5.56 Å². The molecule has 0 atom stereocenters. The molecule has 1 heterocycles. The molecule has 0 bridgehead atoms. The molecule has 0 fully saturated rings. The molecule has 2 amide bonds. The van der Waals surface area contributed by atoms with Crippen LogP contribution in [0.25, 0.3) is 0 Å². The molecular weight excluding hydrogens is 244 g/mol. The van der Waals surface area contributed by atoms with E-state index in [1.807, 2.05) is 6.07 Å². The second-order valence-electron chi connectivity index (χ2n) is 4.58. The number of nitrogens with one attached hydrogen (secondary N) is 3. The topological polar surface area (TPSA) is 73.5 Å². The number of likely N-dealkylation sites (N-methyl/N-ethyl adjacent to an activating group) is 1. The maximum absolute atomic E-state index is 11.9. The van der Waals surface area contributed by atoms with Gasteiger partial charge in [0.15, 0.2) is 0 Å². The summed E-state index contributed by atoms with van der Waals surface area (Å²) in [4.78, 5) is 24.8. The van der Waals surface area contributed by atoms with Crippen LogP contribution in [0.15, 0.2) is 18.2 Å². The highest BCUT2D eigenvalue weighted by Crippen LogP contribution is 2.25. The lowest BCUT2D eigenvalue weighted by molar-refractivity contribution is -0.127. The zero-order valence-corrected chi connectivity index (χ0v) is 11.1. The zero-order valence-electron chi connectivity index (χ0n) is 11.1. The number of carbonyl (C=O) groups excluding carboxylic acids is 2. The number of carbonyl (C=O) groups is 2. The Morgan fingerprint density at radius 2 is 1.89 bits per heavy atom. The Labute approximate surface area is 112 Å². The maximum atomic E-state index is 11.9. The van der Waals surface area contributed by atoms with E-state index in [4.69, 9.17) is 0 Å². The molecule has 1 aromatic rings. The number of fused-ring (bicyclic) bond motifs is 1. The van der Waals surface area contributed by atoms with Crippen molar-refractivity contribution in [3.63, 3.8) is 0 Å². The summed E-state index contributed by atoms with van der Waals surface area (Å²) in [5.41, 5.74) is 2.45. The third-order valence-corrected chi connectivity index (χ3v) is 2.94. The minimum atomic E-state index is -0.245. The number of benzene rings is 1. The Balaban J connectivity index is 2.01. The first kappa shape index (κ1) is 13.2. The number of amides is 2. The first-order chi connectivity index (χ1) is 9.08. The van der Waals surface area contributed by atoms with Gasteiger partial charge < -0.3 is 20.9 Å². The van der Waals surface area contributed by atoms with Crippen LogP contribution in [-0.4, -0.2) is 50.4 Å². The molecule has 0 unspecified atom stereocenters. The minimum absolute atomic E-state index is 0.00853. The molecular formula is C13H18N4O2. The van der Waals surface area contributed by atoms with Crippen molar-refractivity contribution in [1.82, 2.24) is 10.2 Å². The van der Waals surface area contributed by atoms with E-state index in [-0.39, 0.29) is 18.4 Å². The summed E-state index contributed by atoms with van der Waals surface area (Å²) >= 11 is 0. The molecule has 0 saturated heterocycles. The summed E-state index contributed by atoms with van der Waals surface area (Å²) in [6, 6.07) is 5.40. The van der Waals surface area contributed by atoms with Gasteiger partial charge in [0.1, 0.15) is 0 Å². The van der Waals surface area contributed by atoms with Gasteiger partial charge >= 0.3 is 0 Å². The van der Waals surface area contributed by atoms with Crippen molar-refractivity contribution in [1.29, 1.82) is 0 Å². The van der Waals surface area contributed by atoms with Gasteiger partial charge in [0.2, 0.25) is 5.91 Å². The van der Waals surface area contributed by atoms with E-state index in [0.717, 1.165) is 24.5 Å². The lowest BCUT2D eigenvalue weighted by Crippen LogP contribution is -2.36. The van der Waals surface area contributed by atoms with Crippen LogP contribution in [0.2, 0.25) is 0 Å². The van der Waals surface area contributed by atoms with Crippen molar-refractivity contribution < 1.29 is 9.59 Å². The summed E-state index contributed by atoms with van der Waals surface area (Å²) < 4.78 is 0. The molecule has 6 heteroatoms. The Kier molecular flexibility index (Phi) is 3.89. The van der Waals surface area contributed by atoms with Crippen LogP contribution in [0.3, 0.4) is 0 Å². The van der Waals surface area contributed by atoms with E-state index < -0.39 is 0 Å². The van der Waals surface area contributed by atoms with Gasteiger partial charge in [0, 0.05) is 32.7 Å². The molecule has 6 nitrogen and oxygen atoms in total. The second-order valence-corrected chi connectivity index (χ2v) is 4.58. The monoisotopic (exact) mass is 262 g/mol. The number of nitrogens with zero attached hydrogens (tertiary/aromatic N) is 1. The average Bonchev–Trinajstić information content (AvgIpc) is 2.43. The smallest absolute Gasteiger partial charge is 0.251 e. The quantitative estimate of drug-likeness (QED) is 0.734. The summed E-state index contributed by atoms with van der Waals surface area (Å²) in [5, 5.41) is 9.07. The van der Waals surface area contributed by atoms with Gasteiger partial charge in [-0.2, -0.15) is 0 Å². The van der Waals surface area contributed by atoms with Gasteiger partial charge in [-0.25, -0.2) is 0 Å². The highest BCUT2D eigenvalue weighted by atomic mass is 16.2. The summed E-state index contributed by atoms with van der Waals surface area (Å²) in [7, 11) is 3.31. The fourth-order valence-electron chi connectivity index (χ4n) is 1.80. The molecule has 0 radical (unpaired) electrons. The molecule has 0 aliphatic carbocycles. The Morgan fingerprint density at radius 3 is 2.58 bits per heavy atom. The predicted molar refractivity (Wildman–Crippen MR) is 74.4 cm³/mol. The van der Waals surface area contributed by atoms with E-state index >= 15 is 0 Å².